The Labute approximate surface area is 226 Å². The van der Waals surface area contributed by atoms with Gasteiger partial charge in [0.1, 0.15) is 12.1 Å². The number of rotatable bonds is 9. The molecule has 1 heterocycles. The number of piperazine rings is 1. The van der Waals surface area contributed by atoms with E-state index in [1.165, 1.54) is 16.7 Å². The third-order valence-electron chi connectivity index (χ3n) is 7.75. The molecule has 0 bridgehead atoms. The van der Waals surface area contributed by atoms with Gasteiger partial charge >= 0.3 is 0 Å². The Hall–Kier alpha value is -3.23. The number of carbonyl (C=O) groups excluding carboxylic acids is 3. The molecule has 1 fully saturated rings. The van der Waals surface area contributed by atoms with Gasteiger partial charge in [-0.25, -0.2) is 0 Å². The van der Waals surface area contributed by atoms with Crippen LogP contribution in [0.1, 0.15) is 37.5 Å². The van der Waals surface area contributed by atoms with Gasteiger partial charge in [-0.2, -0.15) is 0 Å². The molecule has 4 rings (SSSR count). The molecule has 1 aliphatic carbocycles. The molecule has 2 aliphatic rings. The zero-order chi connectivity index (χ0) is 27.2. The van der Waals surface area contributed by atoms with Crippen LogP contribution >= 0.6 is 0 Å². The summed E-state index contributed by atoms with van der Waals surface area (Å²) in [6.07, 6.45) is 1.59. The maximum Gasteiger partial charge on any atom is 0.246 e. The van der Waals surface area contributed by atoms with Crippen molar-refractivity contribution in [3.8, 4) is 0 Å². The summed E-state index contributed by atoms with van der Waals surface area (Å²) in [6.45, 7) is 7.84. The molecule has 8 heteroatoms. The molecule has 204 valence electrons. The van der Waals surface area contributed by atoms with Crippen molar-refractivity contribution in [3.63, 3.8) is 0 Å². The second-order valence-corrected chi connectivity index (χ2v) is 10.9. The summed E-state index contributed by atoms with van der Waals surface area (Å²) in [5, 5.41) is 9.09. The van der Waals surface area contributed by atoms with E-state index in [9.17, 15) is 14.4 Å². The van der Waals surface area contributed by atoms with Crippen LogP contribution in [0.25, 0.3) is 0 Å². The topological polar surface area (TPSA) is 93.8 Å². The first-order chi connectivity index (χ1) is 18.3. The lowest BCUT2D eigenvalue weighted by molar-refractivity contribution is -0.148. The summed E-state index contributed by atoms with van der Waals surface area (Å²) < 4.78 is 0. The molecule has 2 aromatic rings. The van der Waals surface area contributed by atoms with Crippen molar-refractivity contribution in [2.45, 2.75) is 64.3 Å². The fraction of sp³-hybridized carbons (Fsp3) is 0.500. The highest BCUT2D eigenvalue weighted by atomic mass is 16.2. The number of likely N-dealkylation sites (N-methyl/N-ethyl adjacent to an activating group) is 1. The van der Waals surface area contributed by atoms with E-state index in [1.807, 2.05) is 44.2 Å². The van der Waals surface area contributed by atoms with Gasteiger partial charge in [0.15, 0.2) is 0 Å². The molecule has 0 aromatic heterocycles. The third-order valence-corrected chi connectivity index (χ3v) is 7.75. The smallest absolute Gasteiger partial charge is 0.246 e. The van der Waals surface area contributed by atoms with Gasteiger partial charge < -0.3 is 20.9 Å². The van der Waals surface area contributed by atoms with Gasteiger partial charge in [-0.15, -0.1) is 0 Å². The molecule has 1 saturated heterocycles. The first-order valence-electron chi connectivity index (χ1n) is 13.7. The molecule has 0 radical (unpaired) electrons. The van der Waals surface area contributed by atoms with Gasteiger partial charge in [0.2, 0.25) is 17.7 Å². The molecular weight excluding hydrogens is 478 g/mol. The van der Waals surface area contributed by atoms with Gasteiger partial charge in [-0.1, -0.05) is 68.4 Å². The van der Waals surface area contributed by atoms with Crippen LogP contribution in [0.3, 0.4) is 0 Å². The fourth-order valence-electron chi connectivity index (χ4n) is 5.37. The molecular formula is C30H41N5O3. The normalized spacial score (nSPS) is 19.6. The van der Waals surface area contributed by atoms with Crippen LogP contribution in [0.15, 0.2) is 54.6 Å². The molecule has 38 heavy (non-hydrogen) atoms. The molecule has 3 N–H and O–H groups in total. The van der Waals surface area contributed by atoms with E-state index in [0.717, 1.165) is 12.8 Å². The lowest BCUT2D eigenvalue weighted by Crippen LogP contribution is -2.65. The first kappa shape index (κ1) is 27.8. The highest BCUT2D eigenvalue weighted by molar-refractivity contribution is 5.93. The van der Waals surface area contributed by atoms with Crippen molar-refractivity contribution in [2.24, 2.45) is 5.92 Å². The number of nitrogens with one attached hydrogen (secondary N) is 3. The van der Waals surface area contributed by atoms with E-state index in [2.05, 4.69) is 45.1 Å². The molecule has 0 spiro atoms. The summed E-state index contributed by atoms with van der Waals surface area (Å²) in [4.78, 5) is 44.2. The van der Waals surface area contributed by atoms with Crippen molar-refractivity contribution in [1.29, 1.82) is 0 Å². The van der Waals surface area contributed by atoms with Crippen LogP contribution in [-0.2, 0) is 33.8 Å². The van der Waals surface area contributed by atoms with Crippen molar-refractivity contribution in [2.75, 3.05) is 26.7 Å². The predicted octanol–water partition coefficient (Wildman–Crippen LogP) is 1.73. The Bertz CT molecular complexity index is 1100. The quantitative estimate of drug-likeness (QED) is 0.469. The molecule has 3 atom stereocenters. The van der Waals surface area contributed by atoms with Gasteiger partial charge in [0, 0.05) is 32.2 Å². The zero-order valence-electron chi connectivity index (χ0n) is 22.9. The van der Waals surface area contributed by atoms with E-state index < -0.39 is 18.1 Å². The summed E-state index contributed by atoms with van der Waals surface area (Å²) >= 11 is 0. The fourth-order valence-corrected chi connectivity index (χ4v) is 5.37. The van der Waals surface area contributed by atoms with E-state index in [0.29, 0.717) is 26.2 Å². The molecule has 0 saturated carbocycles. The summed E-state index contributed by atoms with van der Waals surface area (Å²) in [5.41, 5.74) is 3.70. The molecule has 0 unspecified atom stereocenters. The van der Waals surface area contributed by atoms with Crippen molar-refractivity contribution in [1.82, 2.24) is 25.8 Å². The van der Waals surface area contributed by atoms with Crippen LogP contribution in [0.2, 0.25) is 0 Å². The van der Waals surface area contributed by atoms with Crippen molar-refractivity contribution < 1.29 is 14.4 Å². The second-order valence-electron chi connectivity index (χ2n) is 10.9. The number of benzene rings is 2. The van der Waals surface area contributed by atoms with Crippen LogP contribution in [0.5, 0.6) is 0 Å². The minimum absolute atomic E-state index is 0.0124. The maximum absolute atomic E-state index is 13.9. The Morgan fingerprint density at radius 3 is 2.16 bits per heavy atom. The SMILES string of the molecule is CN[C@@H](C)C(=O)N[C@H](C(=O)N1CCN(Cc2ccccc2)C[C@H]1C(=O)NC1Cc2ccccc2C1)C(C)C. The van der Waals surface area contributed by atoms with E-state index in [4.69, 9.17) is 0 Å². The van der Waals surface area contributed by atoms with Crippen LogP contribution in [0.4, 0.5) is 0 Å². The van der Waals surface area contributed by atoms with Gasteiger partial charge in [0.25, 0.3) is 0 Å². The lowest BCUT2D eigenvalue weighted by atomic mass is 9.99. The summed E-state index contributed by atoms with van der Waals surface area (Å²) in [5.74, 6) is -0.685. The minimum Gasteiger partial charge on any atom is -0.351 e. The van der Waals surface area contributed by atoms with Gasteiger partial charge in [-0.3, -0.25) is 19.3 Å². The number of hydrogen-bond acceptors (Lipinski definition) is 5. The molecule has 2 aromatic carbocycles. The van der Waals surface area contributed by atoms with Crippen LogP contribution in [0, 0.1) is 5.92 Å². The highest BCUT2D eigenvalue weighted by Crippen LogP contribution is 2.23. The summed E-state index contributed by atoms with van der Waals surface area (Å²) in [7, 11) is 1.71. The number of fused-ring (bicyclic) bond motifs is 1. The molecule has 3 amide bonds. The number of amides is 3. The number of hydrogen-bond donors (Lipinski definition) is 3. The van der Waals surface area contributed by atoms with Crippen molar-refractivity contribution >= 4 is 17.7 Å². The average molecular weight is 520 g/mol. The lowest BCUT2D eigenvalue weighted by Gasteiger charge is -2.42. The monoisotopic (exact) mass is 519 g/mol. The second kappa shape index (κ2) is 12.5. The van der Waals surface area contributed by atoms with E-state index in [-0.39, 0.29) is 29.7 Å². The zero-order valence-corrected chi connectivity index (χ0v) is 22.9. The average Bonchev–Trinajstić information content (AvgIpc) is 3.33. The number of carbonyl (C=O) groups is 3. The van der Waals surface area contributed by atoms with Gasteiger partial charge in [0.05, 0.1) is 6.04 Å². The maximum atomic E-state index is 13.9. The summed E-state index contributed by atoms with van der Waals surface area (Å²) in [6, 6.07) is 16.7. The van der Waals surface area contributed by atoms with Gasteiger partial charge in [-0.05, 0) is 49.4 Å². The van der Waals surface area contributed by atoms with E-state index >= 15 is 0 Å². The Morgan fingerprint density at radius 1 is 0.921 bits per heavy atom. The molecule has 8 nitrogen and oxygen atoms in total. The van der Waals surface area contributed by atoms with E-state index in [1.54, 1.807) is 18.9 Å². The van der Waals surface area contributed by atoms with Crippen molar-refractivity contribution in [3.05, 3.63) is 71.3 Å². The molecule has 1 aliphatic heterocycles. The minimum atomic E-state index is -0.704. The Kier molecular flexibility index (Phi) is 9.17. The van der Waals surface area contributed by atoms with Crippen LogP contribution in [-0.4, -0.2) is 78.4 Å². The first-order valence-corrected chi connectivity index (χ1v) is 13.7. The highest BCUT2D eigenvalue weighted by Gasteiger charge is 2.40. The number of nitrogens with zero attached hydrogens (tertiary/aromatic N) is 2. The van der Waals surface area contributed by atoms with Crippen LogP contribution < -0.4 is 16.0 Å². The standard InChI is InChI=1S/C30H41N5O3/c1-20(2)27(33-28(36)21(3)31-4)30(38)35-15-14-34(18-22-10-6-5-7-11-22)19-26(35)29(37)32-25-16-23-12-8-9-13-24(23)17-25/h5-13,20-21,25-27,31H,14-19H2,1-4H3,(H,32,37)(H,33,36)/t21-,26-,27-/m0/s1. The largest absolute Gasteiger partial charge is 0.351 e. The predicted molar refractivity (Wildman–Crippen MR) is 148 cm³/mol. The Balaban J connectivity index is 1.51. The third kappa shape index (κ3) is 6.60. The Morgan fingerprint density at radius 2 is 1.55 bits per heavy atom.